The van der Waals surface area contributed by atoms with Gasteiger partial charge in [-0.25, -0.2) is 0 Å². The Morgan fingerprint density at radius 2 is 2.04 bits per heavy atom. The van der Waals surface area contributed by atoms with Gasteiger partial charge in [0.2, 0.25) is 12.7 Å². The van der Waals surface area contributed by atoms with Crippen LogP contribution in [-0.4, -0.2) is 17.6 Å². The van der Waals surface area contributed by atoms with Crippen LogP contribution in [0.5, 0.6) is 11.5 Å². The Bertz CT molecular complexity index is 845. The molecule has 0 atom stereocenters. The van der Waals surface area contributed by atoms with Crippen LogP contribution in [0, 0.1) is 17.0 Å². The summed E-state index contributed by atoms with van der Waals surface area (Å²) in [7, 11) is 0. The summed E-state index contributed by atoms with van der Waals surface area (Å²) in [5.41, 5.74) is 1.56. The maximum atomic E-state index is 12.0. The van der Waals surface area contributed by atoms with Crippen LogP contribution in [0.3, 0.4) is 0 Å². The smallest absolute Gasteiger partial charge is 0.274 e. The molecule has 2 aromatic carbocycles. The SMILES string of the molecule is Cc1c(NC(=O)/C=C/c2ccc3c(c2)OCO3)cccc1[N+](=O)[O-]. The highest BCUT2D eigenvalue weighted by Gasteiger charge is 2.14. The predicted molar refractivity (Wildman–Crippen MR) is 88.1 cm³/mol. The highest BCUT2D eigenvalue weighted by molar-refractivity contribution is 6.02. The van der Waals surface area contributed by atoms with E-state index in [0.717, 1.165) is 5.56 Å². The van der Waals surface area contributed by atoms with Crippen molar-refractivity contribution in [3.63, 3.8) is 0 Å². The zero-order valence-corrected chi connectivity index (χ0v) is 12.8. The number of amides is 1. The Hall–Kier alpha value is -3.35. The highest BCUT2D eigenvalue weighted by atomic mass is 16.7. The van der Waals surface area contributed by atoms with Gasteiger partial charge in [0.15, 0.2) is 11.5 Å². The van der Waals surface area contributed by atoms with Gasteiger partial charge < -0.3 is 14.8 Å². The maximum absolute atomic E-state index is 12.0. The number of nitro benzene ring substituents is 1. The van der Waals surface area contributed by atoms with Gasteiger partial charge in [-0.15, -0.1) is 0 Å². The predicted octanol–water partition coefficient (Wildman–Crippen LogP) is 3.28. The molecule has 0 radical (unpaired) electrons. The lowest BCUT2D eigenvalue weighted by Crippen LogP contribution is -2.09. The molecule has 2 aromatic rings. The van der Waals surface area contributed by atoms with Crippen LogP contribution >= 0.6 is 0 Å². The first-order valence-electron chi connectivity index (χ1n) is 7.17. The number of fused-ring (bicyclic) bond motifs is 1. The summed E-state index contributed by atoms with van der Waals surface area (Å²) >= 11 is 0. The summed E-state index contributed by atoms with van der Waals surface area (Å²) in [6, 6.07) is 9.88. The van der Waals surface area contributed by atoms with E-state index in [1.807, 2.05) is 0 Å². The lowest BCUT2D eigenvalue weighted by atomic mass is 10.1. The van der Waals surface area contributed by atoms with Gasteiger partial charge >= 0.3 is 0 Å². The quantitative estimate of drug-likeness (QED) is 0.529. The average molecular weight is 326 g/mol. The molecule has 0 fully saturated rings. The fourth-order valence-electron chi connectivity index (χ4n) is 2.32. The van der Waals surface area contributed by atoms with E-state index < -0.39 is 4.92 Å². The van der Waals surface area contributed by atoms with E-state index >= 15 is 0 Å². The molecule has 1 amide bonds. The number of ether oxygens (including phenoxy) is 2. The molecule has 7 heteroatoms. The van der Waals surface area contributed by atoms with Crippen LogP contribution in [0.2, 0.25) is 0 Å². The van der Waals surface area contributed by atoms with E-state index in [4.69, 9.17) is 9.47 Å². The Kier molecular flexibility index (Phi) is 4.15. The van der Waals surface area contributed by atoms with Gasteiger partial charge in [-0.1, -0.05) is 12.1 Å². The fraction of sp³-hybridized carbons (Fsp3) is 0.118. The Morgan fingerprint density at radius 1 is 1.25 bits per heavy atom. The molecule has 0 saturated heterocycles. The normalized spacial score (nSPS) is 12.4. The highest BCUT2D eigenvalue weighted by Crippen LogP contribution is 2.32. The van der Waals surface area contributed by atoms with E-state index in [0.29, 0.717) is 22.7 Å². The molecular formula is C17H14N2O5. The van der Waals surface area contributed by atoms with Gasteiger partial charge in [0.25, 0.3) is 5.69 Å². The number of nitro groups is 1. The van der Waals surface area contributed by atoms with Crippen molar-refractivity contribution < 1.29 is 19.2 Å². The molecule has 1 aliphatic heterocycles. The number of carbonyl (C=O) groups is 1. The molecule has 0 bridgehead atoms. The second-order valence-electron chi connectivity index (χ2n) is 5.14. The number of rotatable bonds is 4. The van der Waals surface area contributed by atoms with Crippen molar-refractivity contribution in [1.82, 2.24) is 0 Å². The Morgan fingerprint density at radius 3 is 2.83 bits per heavy atom. The van der Waals surface area contributed by atoms with E-state index in [1.54, 1.807) is 37.3 Å². The van der Waals surface area contributed by atoms with Crippen LogP contribution < -0.4 is 14.8 Å². The summed E-state index contributed by atoms with van der Waals surface area (Å²) in [5.74, 6) is 0.923. The van der Waals surface area contributed by atoms with Crippen LogP contribution in [-0.2, 0) is 4.79 Å². The monoisotopic (exact) mass is 326 g/mol. The second kappa shape index (κ2) is 6.41. The molecular weight excluding hydrogens is 312 g/mol. The first kappa shape index (κ1) is 15.5. The largest absolute Gasteiger partial charge is 0.454 e. The molecule has 0 unspecified atom stereocenters. The van der Waals surface area contributed by atoms with Crippen LogP contribution in [0.15, 0.2) is 42.5 Å². The number of nitrogens with one attached hydrogen (secondary N) is 1. The Balaban J connectivity index is 1.72. The molecule has 0 saturated carbocycles. The van der Waals surface area contributed by atoms with Crippen LogP contribution in [0.4, 0.5) is 11.4 Å². The number of hydrogen-bond acceptors (Lipinski definition) is 5. The molecule has 0 spiro atoms. The van der Waals surface area contributed by atoms with Gasteiger partial charge in [-0.3, -0.25) is 14.9 Å². The summed E-state index contributed by atoms with van der Waals surface area (Å²) < 4.78 is 10.5. The second-order valence-corrected chi connectivity index (χ2v) is 5.14. The maximum Gasteiger partial charge on any atom is 0.274 e. The van der Waals surface area contributed by atoms with Gasteiger partial charge in [0.1, 0.15) is 0 Å². The zero-order valence-electron chi connectivity index (χ0n) is 12.8. The van der Waals surface area contributed by atoms with Crippen molar-refractivity contribution in [2.75, 3.05) is 12.1 Å². The topological polar surface area (TPSA) is 90.7 Å². The first-order chi connectivity index (χ1) is 11.5. The van der Waals surface area contributed by atoms with E-state index in [2.05, 4.69) is 5.32 Å². The first-order valence-corrected chi connectivity index (χ1v) is 7.17. The molecule has 3 rings (SSSR count). The van der Waals surface area contributed by atoms with Crippen molar-refractivity contribution in [2.24, 2.45) is 0 Å². The third-order valence-corrected chi connectivity index (χ3v) is 3.58. The van der Waals surface area contributed by atoms with Gasteiger partial charge in [-0.05, 0) is 36.8 Å². The fourth-order valence-corrected chi connectivity index (χ4v) is 2.32. The average Bonchev–Trinajstić information content (AvgIpc) is 3.02. The molecule has 1 heterocycles. The number of anilines is 1. The lowest BCUT2D eigenvalue weighted by Gasteiger charge is -2.06. The van der Waals surface area contributed by atoms with Gasteiger partial charge in [0, 0.05) is 12.1 Å². The van der Waals surface area contributed by atoms with E-state index in [9.17, 15) is 14.9 Å². The minimum Gasteiger partial charge on any atom is -0.454 e. The van der Waals surface area contributed by atoms with Crippen LogP contribution in [0.25, 0.3) is 6.08 Å². The molecule has 1 aliphatic rings. The number of nitrogens with zero attached hydrogens (tertiary/aromatic N) is 1. The molecule has 0 aromatic heterocycles. The molecule has 24 heavy (non-hydrogen) atoms. The minimum absolute atomic E-state index is 0.0347. The molecule has 1 N–H and O–H groups in total. The van der Waals surface area contributed by atoms with E-state index in [-0.39, 0.29) is 18.4 Å². The third kappa shape index (κ3) is 3.19. The van der Waals surface area contributed by atoms with Crippen molar-refractivity contribution in [2.45, 2.75) is 6.92 Å². The molecule has 7 nitrogen and oxygen atoms in total. The number of carbonyl (C=O) groups excluding carboxylic acids is 1. The molecule has 0 aliphatic carbocycles. The van der Waals surface area contributed by atoms with Crippen molar-refractivity contribution in [3.05, 3.63) is 63.7 Å². The van der Waals surface area contributed by atoms with Gasteiger partial charge in [-0.2, -0.15) is 0 Å². The standard InChI is InChI=1S/C17H14N2O5/c1-11-13(3-2-4-14(11)19(21)22)18-17(20)8-6-12-5-7-15-16(9-12)24-10-23-15/h2-9H,10H2,1H3,(H,18,20)/b8-6+. The Labute approximate surface area is 137 Å². The van der Waals surface area contributed by atoms with Crippen molar-refractivity contribution >= 4 is 23.4 Å². The zero-order chi connectivity index (χ0) is 17.1. The van der Waals surface area contributed by atoms with Crippen molar-refractivity contribution in [1.29, 1.82) is 0 Å². The third-order valence-electron chi connectivity index (χ3n) is 3.58. The van der Waals surface area contributed by atoms with Crippen molar-refractivity contribution in [3.8, 4) is 11.5 Å². The summed E-state index contributed by atoms with van der Waals surface area (Å²) in [4.78, 5) is 22.5. The minimum atomic E-state index is -0.479. The van der Waals surface area contributed by atoms with E-state index in [1.165, 1.54) is 18.2 Å². The summed E-state index contributed by atoms with van der Waals surface area (Å²) in [6.45, 7) is 1.78. The number of benzene rings is 2. The van der Waals surface area contributed by atoms with Gasteiger partial charge in [0.05, 0.1) is 16.2 Å². The van der Waals surface area contributed by atoms with Crippen LogP contribution in [0.1, 0.15) is 11.1 Å². The molecule has 122 valence electrons. The summed E-state index contributed by atoms with van der Waals surface area (Å²) in [6.07, 6.45) is 2.99. The summed E-state index contributed by atoms with van der Waals surface area (Å²) in [5, 5.41) is 13.6. The lowest BCUT2D eigenvalue weighted by molar-refractivity contribution is -0.385. The number of hydrogen-bond donors (Lipinski definition) is 1.